The topological polar surface area (TPSA) is 61.4 Å². The second-order valence-corrected chi connectivity index (χ2v) is 6.48. The largest absolute Gasteiger partial charge is 0.383 e. The van der Waals surface area contributed by atoms with E-state index in [1.165, 1.54) is 17.7 Å². The molecule has 3 rings (SSSR count). The highest BCUT2D eigenvalue weighted by Gasteiger charge is 2.15. The fourth-order valence-electron chi connectivity index (χ4n) is 2.41. The summed E-state index contributed by atoms with van der Waals surface area (Å²) in [5.41, 5.74) is 1.21. The first-order valence-corrected chi connectivity index (χ1v) is 8.29. The van der Waals surface area contributed by atoms with E-state index in [4.69, 9.17) is 4.74 Å². The van der Waals surface area contributed by atoms with Crippen molar-refractivity contribution in [2.45, 2.75) is 13.5 Å². The lowest BCUT2D eigenvalue weighted by Gasteiger charge is -2.04. The molecule has 2 aromatic heterocycles. The van der Waals surface area contributed by atoms with Crippen molar-refractivity contribution in [1.29, 1.82) is 0 Å². The molecule has 0 saturated heterocycles. The SMILES string of the molecule is COCCn1c(=NC(=O)c2cc(C)n(C)n2)sc2cc(F)cc(F)c21. The van der Waals surface area contributed by atoms with Crippen molar-refractivity contribution in [3.63, 3.8) is 0 Å². The van der Waals surface area contributed by atoms with Crippen LogP contribution >= 0.6 is 11.3 Å². The summed E-state index contributed by atoms with van der Waals surface area (Å²) in [7, 11) is 3.24. The van der Waals surface area contributed by atoms with Gasteiger partial charge < -0.3 is 9.30 Å². The minimum absolute atomic E-state index is 0.197. The van der Waals surface area contributed by atoms with Gasteiger partial charge in [0.2, 0.25) is 0 Å². The van der Waals surface area contributed by atoms with Crippen molar-refractivity contribution in [2.75, 3.05) is 13.7 Å². The lowest BCUT2D eigenvalue weighted by molar-refractivity contribution is 0.0992. The summed E-state index contributed by atoms with van der Waals surface area (Å²) in [4.78, 5) is 16.7. The number of benzene rings is 1. The van der Waals surface area contributed by atoms with Crippen LogP contribution in [0.3, 0.4) is 0 Å². The van der Waals surface area contributed by atoms with Gasteiger partial charge in [-0.25, -0.2) is 8.78 Å². The lowest BCUT2D eigenvalue weighted by Crippen LogP contribution is -2.20. The number of halogens is 2. The third kappa shape index (κ3) is 3.38. The average molecular weight is 366 g/mol. The summed E-state index contributed by atoms with van der Waals surface area (Å²) in [6.45, 7) is 2.40. The number of methoxy groups -OCH3 is 1. The van der Waals surface area contributed by atoms with Crippen molar-refractivity contribution < 1.29 is 18.3 Å². The Labute approximate surface area is 146 Å². The van der Waals surface area contributed by atoms with Crippen molar-refractivity contribution in [3.05, 3.63) is 46.0 Å². The highest BCUT2D eigenvalue weighted by atomic mass is 32.1. The zero-order valence-electron chi connectivity index (χ0n) is 13.9. The standard InChI is InChI=1S/C16H16F2N4O2S/c1-9-6-12(20-21(9)2)15(23)19-16-22(4-5-24-3)14-11(18)7-10(17)8-13(14)25-16/h6-8H,4-5H2,1-3H3. The molecule has 0 spiro atoms. The number of fused-ring (bicyclic) bond motifs is 1. The number of nitrogens with zero attached hydrogens (tertiary/aromatic N) is 4. The van der Waals surface area contributed by atoms with Crippen LogP contribution in [0.25, 0.3) is 10.2 Å². The van der Waals surface area contributed by atoms with Crippen molar-refractivity contribution in [3.8, 4) is 0 Å². The van der Waals surface area contributed by atoms with Crippen molar-refractivity contribution in [2.24, 2.45) is 12.0 Å². The molecule has 0 bridgehead atoms. The molecule has 132 valence electrons. The Kier molecular flexibility index (Phi) is 4.78. The Balaban J connectivity index is 2.16. The highest BCUT2D eigenvalue weighted by Crippen LogP contribution is 2.22. The van der Waals surface area contributed by atoms with Crippen LogP contribution < -0.4 is 4.80 Å². The molecule has 0 unspecified atom stereocenters. The smallest absolute Gasteiger partial charge is 0.300 e. The van der Waals surface area contributed by atoms with Gasteiger partial charge in [-0.15, -0.1) is 0 Å². The van der Waals surface area contributed by atoms with Gasteiger partial charge in [-0.2, -0.15) is 10.1 Å². The molecular weight excluding hydrogens is 350 g/mol. The van der Waals surface area contributed by atoms with Crippen LogP contribution in [-0.4, -0.2) is 34.0 Å². The van der Waals surface area contributed by atoms with E-state index in [9.17, 15) is 13.6 Å². The van der Waals surface area contributed by atoms with Crippen LogP contribution in [0.5, 0.6) is 0 Å². The molecule has 0 atom stereocenters. The molecule has 0 N–H and O–H groups in total. The van der Waals surface area contributed by atoms with Gasteiger partial charge in [0, 0.05) is 32.5 Å². The maximum Gasteiger partial charge on any atom is 0.300 e. The van der Waals surface area contributed by atoms with Gasteiger partial charge in [0.25, 0.3) is 5.91 Å². The summed E-state index contributed by atoms with van der Waals surface area (Å²) in [5, 5.41) is 4.09. The maximum absolute atomic E-state index is 14.2. The van der Waals surface area contributed by atoms with Crippen LogP contribution in [0, 0.1) is 18.6 Å². The molecule has 0 fully saturated rings. The van der Waals surface area contributed by atoms with Crippen LogP contribution in [0.4, 0.5) is 8.78 Å². The molecule has 3 aromatic rings. The molecular formula is C16H16F2N4O2S. The average Bonchev–Trinajstić information content (AvgIpc) is 3.05. The molecule has 1 amide bonds. The molecule has 2 heterocycles. The van der Waals surface area contributed by atoms with E-state index < -0.39 is 17.5 Å². The molecule has 25 heavy (non-hydrogen) atoms. The van der Waals surface area contributed by atoms with E-state index in [0.29, 0.717) is 11.3 Å². The first-order chi connectivity index (χ1) is 11.9. The van der Waals surface area contributed by atoms with E-state index in [0.717, 1.165) is 23.1 Å². The Morgan fingerprint density at radius 1 is 1.36 bits per heavy atom. The van der Waals surface area contributed by atoms with Gasteiger partial charge in [0.1, 0.15) is 5.82 Å². The first-order valence-electron chi connectivity index (χ1n) is 7.47. The number of rotatable bonds is 4. The van der Waals surface area contributed by atoms with Gasteiger partial charge in [0.15, 0.2) is 16.3 Å². The Morgan fingerprint density at radius 2 is 2.12 bits per heavy atom. The minimum atomic E-state index is -0.704. The number of thiazole rings is 1. The summed E-state index contributed by atoms with van der Waals surface area (Å²) >= 11 is 1.04. The van der Waals surface area contributed by atoms with Gasteiger partial charge in [-0.05, 0) is 19.1 Å². The third-order valence-corrected chi connectivity index (χ3v) is 4.77. The number of hydrogen-bond acceptors (Lipinski definition) is 4. The van der Waals surface area contributed by atoms with Crippen LogP contribution in [0.1, 0.15) is 16.2 Å². The normalized spacial score (nSPS) is 12.3. The minimum Gasteiger partial charge on any atom is -0.383 e. The van der Waals surface area contributed by atoms with Crippen LogP contribution in [0.2, 0.25) is 0 Å². The number of aromatic nitrogens is 3. The molecule has 1 aromatic carbocycles. The number of ether oxygens (including phenoxy) is 1. The first kappa shape index (κ1) is 17.4. The molecule has 0 radical (unpaired) electrons. The van der Waals surface area contributed by atoms with E-state index in [1.807, 2.05) is 6.92 Å². The zero-order valence-corrected chi connectivity index (χ0v) is 14.7. The Morgan fingerprint density at radius 3 is 2.76 bits per heavy atom. The maximum atomic E-state index is 14.2. The summed E-state index contributed by atoms with van der Waals surface area (Å²) in [6, 6.07) is 3.66. The summed E-state index contributed by atoms with van der Waals surface area (Å²) < 4.78 is 36.2. The molecule has 0 aliphatic heterocycles. The van der Waals surface area contributed by atoms with Gasteiger partial charge >= 0.3 is 0 Å². The van der Waals surface area contributed by atoms with Crippen LogP contribution in [-0.2, 0) is 18.3 Å². The third-order valence-electron chi connectivity index (χ3n) is 3.74. The molecule has 0 saturated carbocycles. The zero-order chi connectivity index (χ0) is 18.1. The van der Waals surface area contributed by atoms with E-state index in [2.05, 4.69) is 10.1 Å². The second kappa shape index (κ2) is 6.85. The quantitative estimate of drug-likeness (QED) is 0.712. The van der Waals surface area contributed by atoms with Crippen molar-refractivity contribution in [1.82, 2.24) is 14.3 Å². The van der Waals surface area contributed by atoms with Gasteiger partial charge in [-0.3, -0.25) is 9.48 Å². The number of carbonyl (C=O) groups excluding carboxylic acids is 1. The van der Waals surface area contributed by atoms with E-state index in [-0.39, 0.29) is 22.6 Å². The summed E-state index contributed by atoms with van der Waals surface area (Å²) in [5.74, 6) is -1.92. The fourth-order valence-corrected chi connectivity index (χ4v) is 3.51. The number of amides is 1. The van der Waals surface area contributed by atoms with Gasteiger partial charge in [-0.1, -0.05) is 11.3 Å². The predicted molar refractivity (Wildman–Crippen MR) is 89.4 cm³/mol. The highest BCUT2D eigenvalue weighted by molar-refractivity contribution is 7.16. The van der Waals surface area contributed by atoms with Crippen LogP contribution in [0.15, 0.2) is 23.2 Å². The monoisotopic (exact) mass is 366 g/mol. The fraction of sp³-hybridized carbons (Fsp3) is 0.312. The van der Waals surface area contributed by atoms with E-state index >= 15 is 0 Å². The number of hydrogen-bond donors (Lipinski definition) is 0. The molecule has 9 heteroatoms. The second-order valence-electron chi connectivity index (χ2n) is 5.47. The van der Waals surface area contributed by atoms with E-state index in [1.54, 1.807) is 17.8 Å². The number of aryl methyl sites for hydroxylation is 2. The molecule has 6 nitrogen and oxygen atoms in total. The molecule has 0 aliphatic rings. The lowest BCUT2D eigenvalue weighted by atomic mass is 10.3. The number of carbonyl (C=O) groups is 1. The van der Waals surface area contributed by atoms with Crippen molar-refractivity contribution >= 4 is 27.5 Å². The molecule has 0 aliphatic carbocycles. The Hall–Kier alpha value is -2.39. The predicted octanol–water partition coefficient (Wildman–Crippen LogP) is 2.41. The Bertz CT molecular complexity index is 1000. The van der Waals surface area contributed by atoms with Gasteiger partial charge in [0.05, 0.1) is 16.8 Å². The summed E-state index contributed by atoms with van der Waals surface area (Å²) in [6.07, 6.45) is 0.